The smallest absolute Gasteiger partial charge is 0.338 e. The van der Waals surface area contributed by atoms with Crippen LogP contribution < -0.4 is 0 Å². The van der Waals surface area contributed by atoms with Crippen LogP contribution >= 0.6 is 0 Å². The van der Waals surface area contributed by atoms with Gasteiger partial charge in [-0.05, 0) is 43.0 Å². The molecule has 0 spiro atoms. The van der Waals surface area contributed by atoms with E-state index in [9.17, 15) is 4.79 Å². The number of hydrogen-bond donors (Lipinski definition) is 0. The first-order valence-corrected chi connectivity index (χ1v) is 12.4. The van der Waals surface area contributed by atoms with E-state index in [0.29, 0.717) is 18.0 Å². The van der Waals surface area contributed by atoms with E-state index >= 15 is 0 Å². The minimum absolute atomic E-state index is 0.314. The van der Waals surface area contributed by atoms with Crippen LogP contribution in [0.4, 0.5) is 0 Å². The topological polar surface area (TPSA) is 52.1 Å². The fraction of sp³-hybridized carbons (Fsp3) is 0.414. The van der Waals surface area contributed by atoms with Crippen molar-refractivity contribution >= 4 is 5.97 Å². The summed E-state index contributed by atoms with van der Waals surface area (Å²) in [5.74, 6) is 0.326. The second-order valence-electron chi connectivity index (χ2n) is 8.51. The van der Waals surface area contributed by atoms with Crippen molar-refractivity contribution in [2.24, 2.45) is 0 Å². The third kappa shape index (κ3) is 7.81. The highest BCUT2D eigenvalue weighted by atomic mass is 16.5. The molecule has 0 aliphatic heterocycles. The van der Waals surface area contributed by atoms with Crippen molar-refractivity contribution in [2.45, 2.75) is 71.6 Å². The molecule has 3 aromatic rings. The number of rotatable bonds is 13. The van der Waals surface area contributed by atoms with Crippen LogP contribution in [0.1, 0.15) is 81.1 Å². The fourth-order valence-corrected chi connectivity index (χ4v) is 3.92. The molecule has 0 unspecified atom stereocenters. The Hall–Kier alpha value is -3.01. The first kappa shape index (κ1) is 24.6. The number of hydrogen-bond acceptors (Lipinski definition) is 4. The van der Waals surface area contributed by atoms with Gasteiger partial charge < -0.3 is 4.74 Å². The lowest BCUT2D eigenvalue weighted by Crippen LogP contribution is -2.04. The van der Waals surface area contributed by atoms with Gasteiger partial charge in [-0.2, -0.15) is 0 Å². The minimum Gasteiger partial charge on any atom is -0.462 e. The summed E-state index contributed by atoms with van der Waals surface area (Å²) >= 11 is 0. The SMILES string of the molecule is CCCCCCCCCCc1ccc(-c2cnc(-c3ccc(C(=O)OCC)cc3)nc2)cc1. The molecule has 174 valence electrons. The van der Waals surface area contributed by atoms with Crippen LogP contribution in [0.15, 0.2) is 60.9 Å². The van der Waals surface area contributed by atoms with Gasteiger partial charge in [0.25, 0.3) is 0 Å². The van der Waals surface area contributed by atoms with Crippen molar-refractivity contribution < 1.29 is 9.53 Å². The Kier molecular flexibility index (Phi) is 10.1. The monoisotopic (exact) mass is 444 g/mol. The van der Waals surface area contributed by atoms with Crippen LogP contribution in [0.3, 0.4) is 0 Å². The average molecular weight is 445 g/mol. The molecule has 0 aliphatic rings. The second kappa shape index (κ2) is 13.5. The van der Waals surface area contributed by atoms with Crippen molar-refractivity contribution in [1.29, 1.82) is 0 Å². The molecule has 0 saturated heterocycles. The van der Waals surface area contributed by atoms with E-state index in [-0.39, 0.29) is 5.97 Å². The summed E-state index contributed by atoms with van der Waals surface area (Å²) in [5, 5.41) is 0. The van der Waals surface area contributed by atoms with Crippen LogP contribution in [0.25, 0.3) is 22.5 Å². The van der Waals surface area contributed by atoms with Gasteiger partial charge in [-0.15, -0.1) is 0 Å². The maximum atomic E-state index is 11.8. The van der Waals surface area contributed by atoms with Gasteiger partial charge >= 0.3 is 5.97 Å². The third-order valence-electron chi connectivity index (χ3n) is 5.91. The maximum Gasteiger partial charge on any atom is 0.338 e. The summed E-state index contributed by atoms with van der Waals surface area (Å²) in [6.45, 7) is 4.43. The number of carbonyl (C=O) groups excluding carboxylic acids is 1. The predicted octanol–water partition coefficient (Wildman–Crippen LogP) is 7.67. The third-order valence-corrected chi connectivity index (χ3v) is 5.91. The molecule has 4 nitrogen and oxygen atoms in total. The van der Waals surface area contributed by atoms with Gasteiger partial charge in [0.15, 0.2) is 5.82 Å². The Morgan fingerprint density at radius 1 is 0.697 bits per heavy atom. The molecule has 0 N–H and O–H groups in total. The zero-order valence-corrected chi connectivity index (χ0v) is 20.1. The number of unbranched alkanes of at least 4 members (excludes halogenated alkanes) is 7. The van der Waals surface area contributed by atoms with E-state index in [1.54, 1.807) is 19.1 Å². The highest BCUT2D eigenvalue weighted by Gasteiger charge is 2.08. The molecule has 3 rings (SSSR count). The van der Waals surface area contributed by atoms with E-state index in [0.717, 1.165) is 23.1 Å². The molecule has 4 heteroatoms. The quantitative estimate of drug-likeness (QED) is 0.200. The highest BCUT2D eigenvalue weighted by Crippen LogP contribution is 2.22. The number of esters is 1. The maximum absolute atomic E-state index is 11.8. The molecular formula is C29H36N2O2. The Labute approximate surface area is 198 Å². The van der Waals surface area contributed by atoms with Crippen molar-refractivity contribution in [3.8, 4) is 22.5 Å². The molecule has 0 atom stereocenters. The van der Waals surface area contributed by atoms with Crippen molar-refractivity contribution in [2.75, 3.05) is 6.61 Å². The van der Waals surface area contributed by atoms with Gasteiger partial charge in [0.2, 0.25) is 0 Å². The predicted molar refractivity (Wildman–Crippen MR) is 135 cm³/mol. The number of aryl methyl sites for hydroxylation is 1. The van der Waals surface area contributed by atoms with E-state index in [1.165, 1.54) is 56.9 Å². The molecule has 0 bridgehead atoms. The van der Waals surface area contributed by atoms with Crippen LogP contribution in [0, 0.1) is 0 Å². The van der Waals surface area contributed by atoms with E-state index in [1.807, 2.05) is 24.5 Å². The molecule has 0 amide bonds. The van der Waals surface area contributed by atoms with Gasteiger partial charge in [-0.25, -0.2) is 14.8 Å². The van der Waals surface area contributed by atoms with Crippen molar-refractivity contribution in [3.05, 3.63) is 72.1 Å². The molecule has 0 aliphatic carbocycles. The van der Waals surface area contributed by atoms with Crippen molar-refractivity contribution in [1.82, 2.24) is 9.97 Å². The molecular weight excluding hydrogens is 408 g/mol. The molecule has 0 radical (unpaired) electrons. The zero-order valence-electron chi connectivity index (χ0n) is 20.1. The largest absolute Gasteiger partial charge is 0.462 e. The molecule has 33 heavy (non-hydrogen) atoms. The normalized spacial score (nSPS) is 10.8. The summed E-state index contributed by atoms with van der Waals surface area (Å²) in [6.07, 6.45) is 15.7. The molecule has 0 saturated carbocycles. The number of aromatic nitrogens is 2. The van der Waals surface area contributed by atoms with Gasteiger partial charge in [-0.1, -0.05) is 88.3 Å². The minimum atomic E-state index is -0.314. The summed E-state index contributed by atoms with van der Waals surface area (Å²) in [6, 6.07) is 15.9. The van der Waals surface area contributed by atoms with Gasteiger partial charge in [-0.3, -0.25) is 0 Å². The van der Waals surface area contributed by atoms with E-state index in [2.05, 4.69) is 41.2 Å². The first-order valence-electron chi connectivity index (χ1n) is 12.4. The van der Waals surface area contributed by atoms with Crippen LogP contribution in [0.5, 0.6) is 0 Å². The van der Waals surface area contributed by atoms with Gasteiger partial charge in [0, 0.05) is 23.5 Å². The Morgan fingerprint density at radius 2 is 1.27 bits per heavy atom. The number of carbonyl (C=O) groups is 1. The average Bonchev–Trinajstić information content (AvgIpc) is 2.86. The molecule has 1 heterocycles. The van der Waals surface area contributed by atoms with Gasteiger partial charge in [0.1, 0.15) is 0 Å². The Balaban J connectivity index is 1.49. The highest BCUT2D eigenvalue weighted by molar-refractivity contribution is 5.89. The molecule has 0 fully saturated rings. The number of benzene rings is 2. The standard InChI is InChI=1S/C29H36N2O2/c1-3-5-6-7-8-9-10-11-12-23-13-15-24(16-14-23)27-21-30-28(31-22-27)25-17-19-26(20-18-25)29(32)33-4-2/h13-22H,3-12H2,1-2H3. The molecule has 2 aromatic carbocycles. The van der Waals surface area contributed by atoms with Gasteiger partial charge in [0.05, 0.1) is 12.2 Å². The number of ether oxygens (including phenoxy) is 1. The lowest BCUT2D eigenvalue weighted by atomic mass is 10.0. The Morgan fingerprint density at radius 3 is 1.88 bits per heavy atom. The summed E-state index contributed by atoms with van der Waals surface area (Å²) < 4.78 is 5.03. The number of nitrogens with zero attached hydrogens (tertiary/aromatic N) is 2. The van der Waals surface area contributed by atoms with Crippen LogP contribution in [-0.4, -0.2) is 22.5 Å². The van der Waals surface area contributed by atoms with Crippen molar-refractivity contribution in [3.63, 3.8) is 0 Å². The van der Waals surface area contributed by atoms with Crippen LogP contribution in [0.2, 0.25) is 0 Å². The Bertz CT molecular complexity index is 964. The summed E-state index contributed by atoms with van der Waals surface area (Å²) in [4.78, 5) is 20.9. The lowest BCUT2D eigenvalue weighted by Gasteiger charge is -2.06. The first-order chi connectivity index (χ1) is 16.2. The zero-order chi connectivity index (χ0) is 23.3. The van der Waals surface area contributed by atoms with Crippen LogP contribution in [-0.2, 0) is 11.2 Å². The second-order valence-corrected chi connectivity index (χ2v) is 8.51. The van der Waals surface area contributed by atoms with E-state index < -0.39 is 0 Å². The van der Waals surface area contributed by atoms with E-state index in [4.69, 9.17) is 4.74 Å². The summed E-state index contributed by atoms with van der Waals surface area (Å²) in [7, 11) is 0. The lowest BCUT2D eigenvalue weighted by molar-refractivity contribution is 0.0526. The molecule has 1 aromatic heterocycles. The summed E-state index contributed by atoms with van der Waals surface area (Å²) in [5.41, 5.74) is 4.92. The fourth-order valence-electron chi connectivity index (χ4n) is 3.92.